The zero-order valence-electron chi connectivity index (χ0n) is 17.7. The minimum atomic E-state index is -0.444. The first-order valence-electron chi connectivity index (χ1n) is 10.3. The lowest BCUT2D eigenvalue weighted by Crippen LogP contribution is -2.31. The Morgan fingerprint density at radius 1 is 1.10 bits per heavy atom. The average Bonchev–Trinajstić information content (AvgIpc) is 3.19. The zero-order chi connectivity index (χ0) is 21.3. The summed E-state index contributed by atoms with van der Waals surface area (Å²) in [7, 11) is 1.73. The van der Waals surface area contributed by atoms with Crippen LogP contribution in [0.3, 0.4) is 0 Å². The molecule has 154 valence electrons. The van der Waals surface area contributed by atoms with Gasteiger partial charge < -0.3 is 9.64 Å². The van der Waals surface area contributed by atoms with Gasteiger partial charge in [-0.1, -0.05) is 42.0 Å². The molecule has 5 heteroatoms. The molecule has 0 bridgehead atoms. The zero-order valence-corrected chi connectivity index (χ0v) is 17.7. The van der Waals surface area contributed by atoms with Crippen LogP contribution in [0.15, 0.2) is 42.5 Å². The maximum absolute atomic E-state index is 13.0. The maximum atomic E-state index is 13.0. The van der Waals surface area contributed by atoms with E-state index >= 15 is 0 Å². The molecule has 0 spiro atoms. The number of rotatable bonds is 5. The summed E-state index contributed by atoms with van der Waals surface area (Å²) in [4.78, 5) is 31.9. The highest BCUT2D eigenvalue weighted by Crippen LogP contribution is 2.30. The Morgan fingerprint density at radius 3 is 2.70 bits per heavy atom. The van der Waals surface area contributed by atoms with Gasteiger partial charge in [0.15, 0.2) is 6.61 Å². The lowest BCUT2D eigenvalue weighted by atomic mass is 10.0. The first-order valence-corrected chi connectivity index (χ1v) is 10.3. The van der Waals surface area contributed by atoms with Gasteiger partial charge in [-0.25, -0.2) is 4.79 Å². The Balaban J connectivity index is 1.48. The molecule has 0 fully saturated rings. The van der Waals surface area contributed by atoms with E-state index in [4.69, 9.17) is 9.72 Å². The van der Waals surface area contributed by atoms with E-state index in [0.29, 0.717) is 12.1 Å². The van der Waals surface area contributed by atoms with Crippen LogP contribution in [0.4, 0.5) is 0 Å². The van der Waals surface area contributed by atoms with Gasteiger partial charge in [0.2, 0.25) is 0 Å². The molecule has 1 aliphatic carbocycles. The van der Waals surface area contributed by atoms with Crippen LogP contribution in [0.25, 0.3) is 10.9 Å². The number of likely N-dealkylation sites (N-methyl/N-ethyl adjacent to an activating group) is 1. The highest BCUT2D eigenvalue weighted by atomic mass is 16.5. The lowest BCUT2D eigenvalue weighted by Gasteiger charge is -2.19. The standard InChI is InChI=1S/C25H26N2O3/c1-16-11-12-18(17(2)13-16)14-27(3)23(28)15-30-25(29)24-19-7-4-5-9-21(19)26-22-10-6-8-20(22)24/h4-5,7,9,11-13H,6,8,10,14-15H2,1-3H3. The van der Waals surface area contributed by atoms with E-state index < -0.39 is 5.97 Å². The number of carbonyl (C=O) groups excluding carboxylic acids is 2. The normalized spacial score (nSPS) is 12.6. The topological polar surface area (TPSA) is 59.5 Å². The summed E-state index contributed by atoms with van der Waals surface area (Å²) in [5.74, 6) is -0.668. The number of nitrogens with zero attached hydrogens (tertiary/aromatic N) is 2. The molecule has 0 radical (unpaired) electrons. The number of amides is 1. The van der Waals surface area contributed by atoms with Gasteiger partial charge in [-0.15, -0.1) is 0 Å². The molecule has 0 aliphatic heterocycles. The first kappa shape index (κ1) is 20.1. The largest absolute Gasteiger partial charge is 0.452 e. The number of aryl methyl sites for hydroxylation is 3. The SMILES string of the molecule is Cc1ccc(CN(C)C(=O)COC(=O)c2c3c(nc4ccccc24)CCC3)c(C)c1. The number of benzene rings is 2. The van der Waals surface area contributed by atoms with Crippen molar-refractivity contribution in [3.8, 4) is 0 Å². The molecule has 1 heterocycles. The van der Waals surface area contributed by atoms with Gasteiger partial charge in [-0.2, -0.15) is 0 Å². The predicted octanol–water partition coefficient (Wildman–Crippen LogP) is 4.16. The van der Waals surface area contributed by atoms with Crippen molar-refractivity contribution in [1.82, 2.24) is 9.88 Å². The van der Waals surface area contributed by atoms with Crippen molar-refractivity contribution in [2.75, 3.05) is 13.7 Å². The fourth-order valence-corrected chi connectivity index (χ4v) is 4.12. The fraction of sp³-hybridized carbons (Fsp3) is 0.320. The number of hydrogen-bond donors (Lipinski definition) is 0. The minimum Gasteiger partial charge on any atom is -0.452 e. The fourth-order valence-electron chi connectivity index (χ4n) is 4.12. The van der Waals surface area contributed by atoms with Crippen molar-refractivity contribution in [2.45, 2.75) is 39.7 Å². The van der Waals surface area contributed by atoms with Gasteiger partial charge >= 0.3 is 5.97 Å². The maximum Gasteiger partial charge on any atom is 0.339 e. The van der Waals surface area contributed by atoms with E-state index in [1.54, 1.807) is 11.9 Å². The van der Waals surface area contributed by atoms with Crippen molar-refractivity contribution >= 4 is 22.8 Å². The average molecular weight is 402 g/mol. The molecular weight excluding hydrogens is 376 g/mol. The quantitative estimate of drug-likeness (QED) is 0.602. The summed E-state index contributed by atoms with van der Waals surface area (Å²) in [6, 6.07) is 13.8. The third kappa shape index (κ3) is 3.92. The van der Waals surface area contributed by atoms with Crippen molar-refractivity contribution < 1.29 is 14.3 Å². The number of para-hydroxylation sites is 1. The number of aromatic nitrogens is 1. The summed E-state index contributed by atoms with van der Waals surface area (Å²) in [5, 5.41) is 0.791. The second-order valence-electron chi connectivity index (χ2n) is 8.04. The van der Waals surface area contributed by atoms with Gasteiger partial charge in [0.05, 0.1) is 11.1 Å². The summed E-state index contributed by atoms with van der Waals surface area (Å²) in [6.07, 6.45) is 2.67. The van der Waals surface area contributed by atoms with Crippen LogP contribution in [-0.4, -0.2) is 35.4 Å². The molecule has 2 aromatic carbocycles. The molecule has 4 rings (SSSR count). The van der Waals surface area contributed by atoms with Crippen molar-refractivity contribution in [2.24, 2.45) is 0 Å². The number of pyridine rings is 1. The molecule has 30 heavy (non-hydrogen) atoms. The number of esters is 1. The molecule has 3 aromatic rings. The van der Waals surface area contributed by atoms with Crippen molar-refractivity contribution in [3.05, 3.63) is 76.0 Å². The second-order valence-corrected chi connectivity index (χ2v) is 8.04. The summed E-state index contributed by atoms with van der Waals surface area (Å²) in [5.41, 5.74) is 6.72. The number of carbonyl (C=O) groups is 2. The number of fused-ring (bicyclic) bond motifs is 2. The molecular formula is C25H26N2O3. The van der Waals surface area contributed by atoms with Crippen LogP contribution in [0.5, 0.6) is 0 Å². The van der Waals surface area contributed by atoms with Gasteiger partial charge in [-0.05, 0) is 55.9 Å². The van der Waals surface area contributed by atoms with Crippen molar-refractivity contribution in [1.29, 1.82) is 0 Å². The van der Waals surface area contributed by atoms with Gasteiger partial charge in [0, 0.05) is 24.7 Å². The van der Waals surface area contributed by atoms with E-state index in [-0.39, 0.29) is 12.5 Å². The van der Waals surface area contributed by atoms with Crippen molar-refractivity contribution in [3.63, 3.8) is 0 Å². The van der Waals surface area contributed by atoms with Crippen LogP contribution in [0.1, 0.15) is 44.7 Å². The van der Waals surface area contributed by atoms with Crippen LogP contribution in [0, 0.1) is 13.8 Å². The molecule has 1 aliphatic rings. The molecule has 0 saturated carbocycles. The molecule has 1 aromatic heterocycles. The number of ether oxygens (including phenoxy) is 1. The van der Waals surface area contributed by atoms with Crippen LogP contribution in [0.2, 0.25) is 0 Å². The Bertz CT molecular complexity index is 1140. The Morgan fingerprint density at radius 2 is 1.90 bits per heavy atom. The van der Waals surface area contributed by atoms with Gasteiger partial charge in [-0.3, -0.25) is 9.78 Å². The molecule has 0 atom stereocenters. The molecule has 5 nitrogen and oxygen atoms in total. The summed E-state index contributed by atoms with van der Waals surface area (Å²) in [6.45, 7) is 4.29. The lowest BCUT2D eigenvalue weighted by molar-refractivity contribution is -0.133. The molecule has 0 unspecified atom stereocenters. The molecule has 1 amide bonds. The van der Waals surface area contributed by atoms with E-state index in [1.165, 1.54) is 5.56 Å². The predicted molar refractivity (Wildman–Crippen MR) is 116 cm³/mol. The van der Waals surface area contributed by atoms with E-state index in [2.05, 4.69) is 6.07 Å². The number of hydrogen-bond acceptors (Lipinski definition) is 4. The Kier molecular flexibility index (Phi) is 5.53. The van der Waals surface area contributed by atoms with Gasteiger partial charge in [0.1, 0.15) is 0 Å². The molecule has 0 saturated heterocycles. The smallest absolute Gasteiger partial charge is 0.339 e. The summed E-state index contributed by atoms with van der Waals surface area (Å²) < 4.78 is 5.47. The third-order valence-corrected chi connectivity index (χ3v) is 5.78. The summed E-state index contributed by atoms with van der Waals surface area (Å²) >= 11 is 0. The minimum absolute atomic E-state index is 0.224. The van der Waals surface area contributed by atoms with E-state index in [1.807, 2.05) is 50.2 Å². The Hall–Kier alpha value is -3.21. The van der Waals surface area contributed by atoms with Gasteiger partial charge in [0.25, 0.3) is 5.91 Å². The van der Waals surface area contributed by atoms with E-state index in [0.717, 1.165) is 52.5 Å². The monoisotopic (exact) mass is 402 g/mol. The highest BCUT2D eigenvalue weighted by Gasteiger charge is 2.25. The Labute approximate surface area is 176 Å². The van der Waals surface area contributed by atoms with Crippen LogP contribution >= 0.6 is 0 Å². The first-order chi connectivity index (χ1) is 14.4. The van der Waals surface area contributed by atoms with Crippen LogP contribution in [-0.2, 0) is 28.9 Å². The van der Waals surface area contributed by atoms with Crippen LogP contribution < -0.4 is 0 Å². The second kappa shape index (κ2) is 8.27. The third-order valence-electron chi connectivity index (χ3n) is 5.78. The molecule has 0 N–H and O–H groups in total. The highest BCUT2D eigenvalue weighted by molar-refractivity contribution is 6.05. The van der Waals surface area contributed by atoms with E-state index in [9.17, 15) is 9.59 Å².